The number of fused-ring (bicyclic) bond motifs is 8. The van der Waals surface area contributed by atoms with E-state index in [1.54, 1.807) is 14.5 Å². The lowest BCUT2D eigenvalue weighted by molar-refractivity contribution is -0.145. The number of hydrogen-bond acceptors (Lipinski definition) is 6. The Kier molecular flexibility index (Phi) is 4.94. The van der Waals surface area contributed by atoms with Gasteiger partial charge in [-0.1, -0.05) is 35.5 Å². The molecule has 0 aliphatic carbocycles. The van der Waals surface area contributed by atoms with Gasteiger partial charge in [-0.3, -0.25) is 19.1 Å². The molecule has 3 aromatic rings. The van der Waals surface area contributed by atoms with Gasteiger partial charge in [0.25, 0.3) is 5.91 Å². The summed E-state index contributed by atoms with van der Waals surface area (Å²) < 4.78 is 7.77. The van der Waals surface area contributed by atoms with Crippen molar-refractivity contribution >= 4 is 23.3 Å². The van der Waals surface area contributed by atoms with E-state index in [9.17, 15) is 14.4 Å². The van der Waals surface area contributed by atoms with Crippen LogP contribution in [0.2, 0.25) is 0 Å². The van der Waals surface area contributed by atoms with Crippen LogP contribution in [0, 0.1) is 0 Å². The largest absolute Gasteiger partial charge is 0.494 e. The Balaban J connectivity index is 1.57. The molecular weight excluding hydrogens is 446 g/mol. The minimum Gasteiger partial charge on any atom is -0.494 e. The van der Waals surface area contributed by atoms with Crippen molar-refractivity contribution in [2.45, 2.75) is 44.3 Å². The van der Waals surface area contributed by atoms with Crippen LogP contribution >= 0.6 is 0 Å². The Labute approximate surface area is 202 Å². The summed E-state index contributed by atoms with van der Waals surface area (Å²) in [5, 5.41) is 8.51. The number of aryl methyl sites for hydroxylation is 1. The predicted octanol–water partition coefficient (Wildman–Crippen LogP) is 2.41. The van der Waals surface area contributed by atoms with Crippen LogP contribution in [0.15, 0.2) is 54.7 Å². The Hall–Kier alpha value is -4.01. The molecule has 1 aromatic heterocycles. The van der Waals surface area contributed by atoms with Crippen molar-refractivity contribution < 1.29 is 19.1 Å². The van der Waals surface area contributed by atoms with Crippen LogP contribution in [0.5, 0.6) is 5.75 Å². The molecule has 6 rings (SSSR count). The van der Waals surface area contributed by atoms with Crippen molar-refractivity contribution in [1.29, 1.82) is 0 Å². The van der Waals surface area contributed by atoms with Crippen molar-refractivity contribution in [1.82, 2.24) is 19.9 Å². The van der Waals surface area contributed by atoms with Gasteiger partial charge < -0.3 is 14.5 Å². The highest BCUT2D eigenvalue weighted by atomic mass is 16.5. The number of ketones is 1. The molecule has 35 heavy (non-hydrogen) atoms. The summed E-state index contributed by atoms with van der Waals surface area (Å²) in [5.74, 6) is -0.567. The molecule has 2 aromatic carbocycles. The van der Waals surface area contributed by atoms with Crippen LogP contribution in [-0.2, 0) is 32.9 Å². The number of ether oxygens (including phenoxy) is 1. The maximum atomic E-state index is 14.4. The zero-order chi connectivity index (χ0) is 24.2. The highest BCUT2D eigenvalue weighted by Gasteiger charge is 2.61. The summed E-state index contributed by atoms with van der Waals surface area (Å²) in [6.45, 7) is 2.99. The fraction of sp³-hybridized carbons (Fsp3) is 0.346. The highest BCUT2D eigenvalue weighted by molar-refractivity contribution is 6.35. The van der Waals surface area contributed by atoms with E-state index in [0.29, 0.717) is 37.6 Å². The second kappa shape index (κ2) is 8.04. The SMILES string of the molecule is CC(=O)C(=O)N1CC[C@]23C(=O)N(Cc4cn(nn4)CCCOc4cccc(c4)[C@H]12)c1ccccc13. The lowest BCUT2D eigenvalue weighted by Gasteiger charge is -2.35. The monoisotopic (exact) mass is 471 g/mol. The fourth-order valence-electron chi connectivity index (χ4n) is 5.80. The van der Waals surface area contributed by atoms with Crippen molar-refractivity contribution in [3.63, 3.8) is 0 Å². The maximum absolute atomic E-state index is 14.4. The van der Waals surface area contributed by atoms with Crippen LogP contribution in [0.25, 0.3) is 0 Å². The van der Waals surface area contributed by atoms with Crippen LogP contribution in [0.4, 0.5) is 5.69 Å². The lowest BCUT2D eigenvalue weighted by atomic mass is 9.72. The lowest BCUT2D eigenvalue weighted by Crippen LogP contribution is -2.46. The third-order valence-electron chi connectivity index (χ3n) is 7.27. The number of para-hydroxylation sites is 1. The number of nitrogens with zero attached hydrogens (tertiary/aromatic N) is 5. The van der Waals surface area contributed by atoms with Crippen molar-refractivity contribution in [2.75, 3.05) is 18.1 Å². The van der Waals surface area contributed by atoms with E-state index in [4.69, 9.17) is 4.74 Å². The van der Waals surface area contributed by atoms with E-state index in [1.807, 2.05) is 54.7 Å². The number of aromatic nitrogens is 3. The van der Waals surface area contributed by atoms with Gasteiger partial charge >= 0.3 is 0 Å². The van der Waals surface area contributed by atoms with Gasteiger partial charge in [0.15, 0.2) is 0 Å². The van der Waals surface area contributed by atoms with E-state index in [0.717, 1.165) is 23.2 Å². The summed E-state index contributed by atoms with van der Waals surface area (Å²) >= 11 is 0. The average molecular weight is 472 g/mol. The molecule has 2 amide bonds. The predicted molar refractivity (Wildman–Crippen MR) is 126 cm³/mol. The van der Waals surface area contributed by atoms with Crippen molar-refractivity contribution in [3.05, 3.63) is 71.5 Å². The molecule has 0 radical (unpaired) electrons. The summed E-state index contributed by atoms with van der Waals surface area (Å²) in [7, 11) is 0. The van der Waals surface area contributed by atoms with Gasteiger partial charge in [-0.05, 0) is 35.7 Å². The number of rotatable bonds is 1. The molecule has 3 aliphatic heterocycles. The second-order valence-corrected chi connectivity index (χ2v) is 9.33. The van der Waals surface area contributed by atoms with Gasteiger partial charge in [0.1, 0.15) is 16.9 Å². The quantitative estimate of drug-likeness (QED) is 0.506. The second-order valence-electron chi connectivity index (χ2n) is 9.33. The number of carbonyl (C=O) groups excluding carboxylic acids is 3. The van der Waals surface area contributed by atoms with Crippen LogP contribution < -0.4 is 9.64 Å². The number of hydrogen-bond donors (Lipinski definition) is 0. The molecule has 1 saturated heterocycles. The Morgan fingerprint density at radius 1 is 1.11 bits per heavy atom. The zero-order valence-corrected chi connectivity index (χ0v) is 19.4. The van der Waals surface area contributed by atoms with E-state index < -0.39 is 23.1 Å². The molecule has 9 nitrogen and oxygen atoms in total. The normalized spacial score (nSPS) is 23.1. The first-order valence-corrected chi connectivity index (χ1v) is 11.8. The van der Waals surface area contributed by atoms with Crippen LogP contribution in [0.3, 0.4) is 0 Å². The van der Waals surface area contributed by atoms with Crippen LogP contribution in [-0.4, -0.2) is 50.6 Å². The number of anilines is 1. The molecule has 6 bridgehead atoms. The number of Topliss-reactive ketones (excluding diaryl/α,β-unsaturated/α-hetero) is 1. The van der Waals surface area contributed by atoms with Crippen LogP contribution in [0.1, 0.15) is 42.6 Å². The molecule has 1 spiro atoms. The molecule has 178 valence electrons. The summed E-state index contributed by atoms with van der Waals surface area (Å²) in [6.07, 6.45) is 3.01. The van der Waals surface area contributed by atoms with Gasteiger partial charge in [-0.2, -0.15) is 0 Å². The fourth-order valence-corrected chi connectivity index (χ4v) is 5.80. The third-order valence-corrected chi connectivity index (χ3v) is 7.27. The Morgan fingerprint density at radius 3 is 2.83 bits per heavy atom. The van der Waals surface area contributed by atoms with Gasteiger partial charge in [0.05, 0.1) is 25.4 Å². The minimum atomic E-state index is -1.02. The molecule has 3 aliphatic rings. The number of likely N-dealkylation sites (tertiary alicyclic amines) is 1. The minimum absolute atomic E-state index is 0.0988. The average Bonchev–Trinajstić information content (AvgIpc) is 3.54. The van der Waals surface area contributed by atoms with E-state index in [-0.39, 0.29) is 12.5 Å². The summed E-state index contributed by atoms with van der Waals surface area (Å²) in [6, 6.07) is 14.6. The molecule has 9 heteroatoms. The van der Waals surface area contributed by atoms with Crippen molar-refractivity contribution in [2.24, 2.45) is 0 Å². The van der Waals surface area contributed by atoms with Gasteiger partial charge in [-0.25, -0.2) is 0 Å². The van der Waals surface area contributed by atoms with Gasteiger partial charge in [0.2, 0.25) is 11.7 Å². The zero-order valence-electron chi connectivity index (χ0n) is 19.4. The number of carbonyl (C=O) groups is 3. The molecule has 1 fully saturated rings. The first-order chi connectivity index (χ1) is 17.0. The molecule has 0 unspecified atom stereocenters. The van der Waals surface area contributed by atoms with Gasteiger partial charge in [-0.15, -0.1) is 5.10 Å². The van der Waals surface area contributed by atoms with E-state index in [2.05, 4.69) is 10.3 Å². The number of benzene rings is 2. The molecule has 4 heterocycles. The molecule has 0 N–H and O–H groups in total. The smallest absolute Gasteiger partial charge is 0.290 e. The molecular formula is C26H25N5O4. The standard InChI is InChI=1S/C26H25N5O4/c1-17(32)24(33)30-12-10-26-21-8-2-3-9-22(21)31(25(26)34)16-19-15-29(28-27-19)11-5-13-35-20-7-4-6-18(14-20)23(26)30/h2-4,6-9,14-15,23H,5,10-13,16H2,1H3/t23-,26+/m0/s1. The van der Waals surface area contributed by atoms with E-state index in [1.165, 1.54) is 6.92 Å². The Bertz CT molecular complexity index is 1350. The topological polar surface area (TPSA) is 97.6 Å². The highest BCUT2D eigenvalue weighted by Crippen LogP contribution is 2.57. The first kappa shape index (κ1) is 21.5. The molecule has 2 atom stereocenters. The number of amides is 2. The van der Waals surface area contributed by atoms with Crippen molar-refractivity contribution in [3.8, 4) is 5.75 Å². The first-order valence-electron chi connectivity index (χ1n) is 11.8. The summed E-state index contributed by atoms with van der Waals surface area (Å²) in [5.41, 5.74) is 2.11. The molecule has 0 saturated carbocycles. The van der Waals surface area contributed by atoms with E-state index >= 15 is 0 Å². The van der Waals surface area contributed by atoms with Gasteiger partial charge in [0, 0.05) is 32.1 Å². The maximum Gasteiger partial charge on any atom is 0.290 e. The summed E-state index contributed by atoms with van der Waals surface area (Å²) in [4.78, 5) is 43.0. The third kappa shape index (κ3) is 3.25. The Morgan fingerprint density at radius 2 is 1.97 bits per heavy atom.